The standard InChI is InChI=1S/C17H16N2O/c1-12-7-9-14(10-8-12)18-17(20)16-11-13-5-3-4-6-15(13)19(16)2/h3-11H,1-2H3,(H,18,20). The number of aromatic nitrogens is 1. The van der Waals surface area contributed by atoms with Gasteiger partial charge in [-0.25, -0.2) is 0 Å². The number of aryl methyl sites for hydroxylation is 2. The van der Waals surface area contributed by atoms with Gasteiger partial charge in [0.1, 0.15) is 5.69 Å². The van der Waals surface area contributed by atoms with E-state index in [1.807, 2.05) is 73.1 Å². The molecule has 1 N–H and O–H groups in total. The number of carbonyl (C=O) groups excluding carboxylic acids is 1. The first-order valence-corrected chi connectivity index (χ1v) is 6.57. The lowest BCUT2D eigenvalue weighted by molar-refractivity contribution is 0.102. The molecule has 3 aromatic rings. The van der Waals surface area contributed by atoms with Gasteiger partial charge in [0, 0.05) is 23.6 Å². The quantitative estimate of drug-likeness (QED) is 0.751. The Morgan fingerprint density at radius 2 is 1.75 bits per heavy atom. The summed E-state index contributed by atoms with van der Waals surface area (Å²) in [5.41, 5.74) is 3.70. The minimum atomic E-state index is -0.0902. The van der Waals surface area contributed by atoms with E-state index in [-0.39, 0.29) is 5.91 Å². The molecule has 1 amide bonds. The van der Waals surface area contributed by atoms with Crippen LogP contribution in [0, 0.1) is 6.92 Å². The summed E-state index contributed by atoms with van der Waals surface area (Å²) < 4.78 is 1.92. The number of nitrogens with zero attached hydrogens (tertiary/aromatic N) is 1. The third kappa shape index (κ3) is 2.18. The molecule has 3 heteroatoms. The SMILES string of the molecule is Cc1ccc(NC(=O)c2cc3ccccc3n2C)cc1. The predicted molar refractivity (Wildman–Crippen MR) is 82.1 cm³/mol. The molecule has 0 saturated carbocycles. The van der Waals surface area contributed by atoms with Gasteiger partial charge in [-0.05, 0) is 31.2 Å². The van der Waals surface area contributed by atoms with Crippen molar-refractivity contribution in [3.8, 4) is 0 Å². The molecule has 0 spiro atoms. The lowest BCUT2D eigenvalue weighted by atomic mass is 10.2. The highest BCUT2D eigenvalue weighted by Gasteiger charge is 2.12. The second kappa shape index (κ2) is 4.85. The number of rotatable bonds is 2. The van der Waals surface area contributed by atoms with Crippen LogP contribution >= 0.6 is 0 Å². The molecule has 3 rings (SSSR count). The second-order valence-electron chi connectivity index (χ2n) is 4.97. The molecule has 0 saturated heterocycles. The fraction of sp³-hybridized carbons (Fsp3) is 0.118. The topological polar surface area (TPSA) is 34.0 Å². The molecule has 0 bridgehead atoms. The summed E-state index contributed by atoms with van der Waals surface area (Å²) in [6.07, 6.45) is 0. The summed E-state index contributed by atoms with van der Waals surface area (Å²) >= 11 is 0. The maximum absolute atomic E-state index is 12.4. The molecule has 3 nitrogen and oxygen atoms in total. The highest BCUT2D eigenvalue weighted by molar-refractivity contribution is 6.06. The van der Waals surface area contributed by atoms with Gasteiger partial charge in [0.05, 0.1) is 0 Å². The Bertz CT molecular complexity index is 769. The van der Waals surface area contributed by atoms with Crippen LogP contribution in [0.3, 0.4) is 0 Å². The Labute approximate surface area is 117 Å². The van der Waals surface area contributed by atoms with E-state index in [4.69, 9.17) is 0 Å². The molecule has 1 heterocycles. The fourth-order valence-corrected chi connectivity index (χ4v) is 2.34. The van der Waals surface area contributed by atoms with Crippen molar-refractivity contribution in [1.82, 2.24) is 4.57 Å². The fourth-order valence-electron chi connectivity index (χ4n) is 2.34. The van der Waals surface area contributed by atoms with Crippen molar-refractivity contribution in [2.75, 3.05) is 5.32 Å². The Hall–Kier alpha value is -2.55. The van der Waals surface area contributed by atoms with Gasteiger partial charge in [-0.1, -0.05) is 35.9 Å². The van der Waals surface area contributed by atoms with Crippen molar-refractivity contribution in [2.45, 2.75) is 6.92 Å². The first-order chi connectivity index (χ1) is 9.65. The van der Waals surface area contributed by atoms with Gasteiger partial charge in [-0.3, -0.25) is 4.79 Å². The van der Waals surface area contributed by atoms with Crippen LogP contribution in [0.25, 0.3) is 10.9 Å². The Morgan fingerprint density at radius 3 is 2.45 bits per heavy atom. The van der Waals surface area contributed by atoms with Crippen molar-refractivity contribution in [2.24, 2.45) is 7.05 Å². The summed E-state index contributed by atoms with van der Waals surface area (Å²) in [7, 11) is 1.91. The molecule has 0 aliphatic carbocycles. The number of carbonyl (C=O) groups is 1. The van der Waals surface area contributed by atoms with Crippen LogP contribution in [0.4, 0.5) is 5.69 Å². The van der Waals surface area contributed by atoms with Crippen LogP contribution in [-0.4, -0.2) is 10.5 Å². The van der Waals surface area contributed by atoms with Gasteiger partial charge in [0.15, 0.2) is 0 Å². The molecule has 1 aromatic heterocycles. The van der Waals surface area contributed by atoms with E-state index < -0.39 is 0 Å². The number of nitrogens with one attached hydrogen (secondary N) is 1. The largest absolute Gasteiger partial charge is 0.340 e. The van der Waals surface area contributed by atoms with Gasteiger partial charge >= 0.3 is 0 Å². The van der Waals surface area contributed by atoms with E-state index in [0.717, 1.165) is 16.6 Å². The van der Waals surface area contributed by atoms with Crippen LogP contribution in [0.5, 0.6) is 0 Å². The number of para-hydroxylation sites is 1. The number of hydrogen-bond donors (Lipinski definition) is 1. The van der Waals surface area contributed by atoms with E-state index in [9.17, 15) is 4.79 Å². The Morgan fingerprint density at radius 1 is 1.05 bits per heavy atom. The van der Waals surface area contributed by atoms with Gasteiger partial charge in [-0.15, -0.1) is 0 Å². The van der Waals surface area contributed by atoms with Crippen molar-refractivity contribution < 1.29 is 4.79 Å². The highest BCUT2D eigenvalue weighted by Crippen LogP contribution is 2.19. The van der Waals surface area contributed by atoms with Crippen LogP contribution < -0.4 is 5.32 Å². The molecule has 0 fully saturated rings. The Kier molecular flexibility index (Phi) is 3.03. The normalized spacial score (nSPS) is 10.7. The minimum absolute atomic E-state index is 0.0902. The number of anilines is 1. The number of fused-ring (bicyclic) bond motifs is 1. The second-order valence-corrected chi connectivity index (χ2v) is 4.97. The van der Waals surface area contributed by atoms with E-state index in [1.54, 1.807) is 0 Å². The van der Waals surface area contributed by atoms with Crippen molar-refractivity contribution >= 4 is 22.5 Å². The zero-order valence-corrected chi connectivity index (χ0v) is 11.6. The average Bonchev–Trinajstić information content (AvgIpc) is 2.79. The zero-order valence-electron chi connectivity index (χ0n) is 11.6. The van der Waals surface area contributed by atoms with Gasteiger partial charge in [0.2, 0.25) is 0 Å². The average molecular weight is 264 g/mol. The molecule has 100 valence electrons. The predicted octanol–water partition coefficient (Wildman–Crippen LogP) is 3.74. The minimum Gasteiger partial charge on any atom is -0.340 e. The maximum Gasteiger partial charge on any atom is 0.272 e. The van der Waals surface area contributed by atoms with E-state index in [0.29, 0.717) is 5.69 Å². The third-order valence-corrected chi connectivity index (χ3v) is 3.49. The van der Waals surface area contributed by atoms with Crippen LogP contribution in [0.2, 0.25) is 0 Å². The molecular weight excluding hydrogens is 248 g/mol. The van der Waals surface area contributed by atoms with Crippen LogP contribution in [-0.2, 0) is 7.05 Å². The molecule has 20 heavy (non-hydrogen) atoms. The first-order valence-electron chi connectivity index (χ1n) is 6.57. The summed E-state index contributed by atoms with van der Waals surface area (Å²) in [5.74, 6) is -0.0902. The Balaban J connectivity index is 1.92. The third-order valence-electron chi connectivity index (χ3n) is 3.49. The molecule has 0 aliphatic heterocycles. The van der Waals surface area contributed by atoms with Crippen molar-refractivity contribution in [3.05, 3.63) is 65.9 Å². The number of amides is 1. The summed E-state index contributed by atoms with van der Waals surface area (Å²) in [4.78, 5) is 12.4. The number of benzene rings is 2. The maximum atomic E-state index is 12.4. The number of hydrogen-bond acceptors (Lipinski definition) is 1. The lowest BCUT2D eigenvalue weighted by Gasteiger charge is -2.06. The van der Waals surface area contributed by atoms with Gasteiger partial charge in [0.25, 0.3) is 5.91 Å². The molecular formula is C17H16N2O. The summed E-state index contributed by atoms with van der Waals surface area (Å²) in [5, 5.41) is 4.00. The molecule has 0 radical (unpaired) electrons. The van der Waals surface area contributed by atoms with Crippen LogP contribution in [0.15, 0.2) is 54.6 Å². The summed E-state index contributed by atoms with van der Waals surface area (Å²) in [6, 6.07) is 17.7. The lowest BCUT2D eigenvalue weighted by Crippen LogP contribution is -2.15. The molecule has 0 aliphatic rings. The smallest absolute Gasteiger partial charge is 0.272 e. The van der Waals surface area contributed by atoms with Gasteiger partial charge in [-0.2, -0.15) is 0 Å². The van der Waals surface area contributed by atoms with E-state index in [1.165, 1.54) is 5.56 Å². The monoisotopic (exact) mass is 264 g/mol. The first kappa shape index (κ1) is 12.5. The van der Waals surface area contributed by atoms with Crippen molar-refractivity contribution in [1.29, 1.82) is 0 Å². The molecule has 0 atom stereocenters. The van der Waals surface area contributed by atoms with Crippen molar-refractivity contribution in [3.63, 3.8) is 0 Å². The zero-order chi connectivity index (χ0) is 14.1. The van der Waals surface area contributed by atoms with E-state index in [2.05, 4.69) is 5.32 Å². The summed E-state index contributed by atoms with van der Waals surface area (Å²) in [6.45, 7) is 2.02. The van der Waals surface area contributed by atoms with E-state index >= 15 is 0 Å². The molecule has 2 aromatic carbocycles. The van der Waals surface area contributed by atoms with Crippen LogP contribution in [0.1, 0.15) is 16.1 Å². The molecule has 0 unspecified atom stereocenters. The highest BCUT2D eigenvalue weighted by atomic mass is 16.1. The van der Waals surface area contributed by atoms with Gasteiger partial charge < -0.3 is 9.88 Å².